The number of carbonyl (C=O) groups excluding carboxylic acids is 1. The molecule has 17 heavy (non-hydrogen) atoms. The highest BCUT2D eigenvalue weighted by Crippen LogP contribution is 2.24. The quantitative estimate of drug-likeness (QED) is 0.784. The summed E-state index contributed by atoms with van der Waals surface area (Å²) in [6, 6.07) is 5.00. The number of nitrogens with one attached hydrogen (secondary N) is 1. The van der Waals surface area contributed by atoms with Gasteiger partial charge in [0.15, 0.2) is 5.82 Å². The molecule has 0 bridgehead atoms. The number of carbonyl (C=O) groups is 1. The Bertz CT molecular complexity index is 524. The number of benzene rings is 1. The van der Waals surface area contributed by atoms with Crippen LogP contribution in [0.25, 0.3) is 11.4 Å². The van der Waals surface area contributed by atoms with Crippen molar-refractivity contribution >= 4 is 5.97 Å². The van der Waals surface area contributed by atoms with Gasteiger partial charge >= 0.3 is 5.97 Å². The van der Waals surface area contributed by atoms with E-state index in [-0.39, 0.29) is 0 Å². The summed E-state index contributed by atoms with van der Waals surface area (Å²) in [5.74, 6) is 0.432. The first-order chi connectivity index (χ1) is 8.26. The van der Waals surface area contributed by atoms with E-state index >= 15 is 0 Å². The van der Waals surface area contributed by atoms with Gasteiger partial charge < -0.3 is 9.47 Å². The molecule has 0 saturated heterocycles. The average molecular weight is 234 g/mol. The molecule has 0 saturated carbocycles. The summed E-state index contributed by atoms with van der Waals surface area (Å²) in [4.78, 5) is 11.6. The van der Waals surface area contributed by atoms with Crippen molar-refractivity contribution < 1.29 is 14.3 Å². The van der Waals surface area contributed by atoms with Gasteiger partial charge in [-0.2, -0.15) is 0 Å². The molecule has 0 aliphatic carbocycles. The van der Waals surface area contributed by atoms with Gasteiger partial charge in [0, 0.05) is 5.56 Å². The van der Waals surface area contributed by atoms with Gasteiger partial charge in [0.1, 0.15) is 11.3 Å². The molecular weight excluding hydrogens is 224 g/mol. The number of methoxy groups -OCH3 is 2. The summed E-state index contributed by atoms with van der Waals surface area (Å²) in [5.41, 5.74) is 1.00. The second kappa shape index (κ2) is 4.60. The number of tetrazole rings is 1. The predicted octanol–water partition coefficient (Wildman–Crippen LogP) is 0.662. The molecule has 0 radical (unpaired) electrons. The molecule has 1 aromatic carbocycles. The summed E-state index contributed by atoms with van der Waals surface area (Å²) in [6.07, 6.45) is 0. The Morgan fingerprint density at radius 1 is 1.35 bits per heavy atom. The molecule has 0 unspecified atom stereocenters. The van der Waals surface area contributed by atoms with E-state index < -0.39 is 5.97 Å². The van der Waals surface area contributed by atoms with Crippen molar-refractivity contribution in [1.29, 1.82) is 0 Å². The monoisotopic (exact) mass is 234 g/mol. The zero-order valence-corrected chi connectivity index (χ0v) is 9.30. The summed E-state index contributed by atoms with van der Waals surface area (Å²) in [5, 5.41) is 13.3. The Hall–Kier alpha value is -2.44. The summed E-state index contributed by atoms with van der Waals surface area (Å²) >= 11 is 0. The van der Waals surface area contributed by atoms with Crippen LogP contribution in [0.4, 0.5) is 0 Å². The maximum atomic E-state index is 11.6. The third kappa shape index (κ3) is 2.07. The molecule has 0 aliphatic rings. The smallest absolute Gasteiger partial charge is 0.341 e. The lowest BCUT2D eigenvalue weighted by atomic mass is 10.1. The van der Waals surface area contributed by atoms with Crippen LogP contribution in [0.1, 0.15) is 10.4 Å². The van der Waals surface area contributed by atoms with E-state index in [1.54, 1.807) is 18.2 Å². The number of aromatic amines is 1. The molecule has 1 heterocycles. The Balaban J connectivity index is 2.48. The highest BCUT2D eigenvalue weighted by atomic mass is 16.5. The maximum absolute atomic E-state index is 11.6. The van der Waals surface area contributed by atoms with E-state index in [4.69, 9.17) is 4.74 Å². The molecule has 0 atom stereocenters. The summed E-state index contributed by atoms with van der Waals surface area (Å²) < 4.78 is 9.75. The summed E-state index contributed by atoms with van der Waals surface area (Å²) in [7, 11) is 2.79. The largest absolute Gasteiger partial charge is 0.496 e. The average Bonchev–Trinajstić information content (AvgIpc) is 2.91. The van der Waals surface area contributed by atoms with Crippen molar-refractivity contribution in [2.75, 3.05) is 14.2 Å². The topological polar surface area (TPSA) is 90.0 Å². The Morgan fingerprint density at radius 2 is 2.18 bits per heavy atom. The molecule has 7 heteroatoms. The van der Waals surface area contributed by atoms with Crippen LogP contribution in [0.15, 0.2) is 18.2 Å². The molecule has 1 aromatic heterocycles. The molecular formula is C10H10N4O3. The second-order valence-corrected chi connectivity index (χ2v) is 3.16. The molecule has 2 aromatic rings. The minimum absolute atomic E-state index is 0.323. The van der Waals surface area contributed by atoms with Crippen molar-refractivity contribution in [3.8, 4) is 17.1 Å². The van der Waals surface area contributed by atoms with Crippen molar-refractivity contribution in [2.24, 2.45) is 0 Å². The molecule has 0 aliphatic heterocycles. The van der Waals surface area contributed by atoms with Gasteiger partial charge in [0.2, 0.25) is 0 Å². The standard InChI is InChI=1S/C10H10N4O3/c1-16-8-4-3-6(9-11-13-14-12-9)5-7(8)10(15)17-2/h3-5H,1-2H3,(H,11,12,13,14). The molecule has 88 valence electrons. The van der Waals surface area contributed by atoms with Gasteiger partial charge in [-0.15, -0.1) is 5.10 Å². The van der Waals surface area contributed by atoms with Crippen molar-refractivity contribution in [3.05, 3.63) is 23.8 Å². The minimum atomic E-state index is -0.476. The van der Waals surface area contributed by atoms with Crippen molar-refractivity contribution in [3.63, 3.8) is 0 Å². The van der Waals surface area contributed by atoms with Gasteiger partial charge in [-0.1, -0.05) is 0 Å². The van der Waals surface area contributed by atoms with E-state index in [9.17, 15) is 4.79 Å². The van der Waals surface area contributed by atoms with Crippen LogP contribution < -0.4 is 4.74 Å². The van der Waals surface area contributed by atoms with Crippen LogP contribution in [0.5, 0.6) is 5.75 Å². The first-order valence-corrected chi connectivity index (χ1v) is 4.76. The van der Waals surface area contributed by atoms with Crippen molar-refractivity contribution in [2.45, 2.75) is 0 Å². The lowest BCUT2D eigenvalue weighted by Crippen LogP contribution is -2.04. The number of hydrogen-bond acceptors (Lipinski definition) is 6. The van der Waals surface area contributed by atoms with E-state index in [0.29, 0.717) is 22.7 Å². The van der Waals surface area contributed by atoms with Crippen LogP contribution in [-0.4, -0.2) is 40.8 Å². The third-order valence-electron chi connectivity index (χ3n) is 2.22. The molecule has 1 N–H and O–H groups in total. The Labute approximate surface area is 96.7 Å². The third-order valence-corrected chi connectivity index (χ3v) is 2.22. The molecule has 2 rings (SSSR count). The zero-order valence-electron chi connectivity index (χ0n) is 9.30. The van der Waals surface area contributed by atoms with Crippen LogP contribution in [0.2, 0.25) is 0 Å². The maximum Gasteiger partial charge on any atom is 0.341 e. The van der Waals surface area contributed by atoms with Crippen LogP contribution in [-0.2, 0) is 4.74 Å². The highest BCUT2D eigenvalue weighted by molar-refractivity contribution is 5.93. The molecule has 0 spiro atoms. The van der Waals surface area contributed by atoms with Gasteiger partial charge in [-0.25, -0.2) is 9.89 Å². The van der Waals surface area contributed by atoms with Crippen LogP contribution in [0.3, 0.4) is 0 Å². The Morgan fingerprint density at radius 3 is 2.76 bits per heavy atom. The number of nitrogens with zero attached hydrogens (tertiary/aromatic N) is 3. The SMILES string of the molecule is COC(=O)c1cc(-c2nnn[nH]2)ccc1OC. The normalized spacial score (nSPS) is 10.0. The van der Waals surface area contributed by atoms with E-state index in [1.165, 1.54) is 14.2 Å². The molecule has 0 amide bonds. The van der Waals surface area contributed by atoms with Gasteiger partial charge in [-0.3, -0.25) is 0 Å². The highest BCUT2D eigenvalue weighted by Gasteiger charge is 2.15. The van der Waals surface area contributed by atoms with Gasteiger partial charge in [-0.05, 0) is 28.6 Å². The van der Waals surface area contributed by atoms with E-state index in [0.717, 1.165) is 0 Å². The first kappa shape index (κ1) is 11.1. The van der Waals surface area contributed by atoms with E-state index in [1.807, 2.05) is 0 Å². The number of H-pyrrole nitrogens is 1. The number of rotatable bonds is 3. The zero-order chi connectivity index (χ0) is 12.3. The second-order valence-electron chi connectivity index (χ2n) is 3.16. The molecule has 7 nitrogen and oxygen atoms in total. The fraction of sp³-hybridized carbons (Fsp3) is 0.200. The van der Waals surface area contributed by atoms with Crippen LogP contribution >= 0.6 is 0 Å². The Kier molecular flexibility index (Phi) is 2.99. The first-order valence-electron chi connectivity index (χ1n) is 4.76. The number of ether oxygens (including phenoxy) is 2. The van der Waals surface area contributed by atoms with Crippen molar-refractivity contribution in [1.82, 2.24) is 20.6 Å². The molecule has 0 fully saturated rings. The number of aromatic nitrogens is 4. The predicted molar refractivity (Wildman–Crippen MR) is 57.5 cm³/mol. The van der Waals surface area contributed by atoms with Gasteiger partial charge in [0.05, 0.1) is 14.2 Å². The van der Waals surface area contributed by atoms with E-state index in [2.05, 4.69) is 25.4 Å². The van der Waals surface area contributed by atoms with Crippen LogP contribution in [0, 0.1) is 0 Å². The number of esters is 1. The minimum Gasteiger partial charge on any atom is -0.496 e. The number of hydrogen-bond donors (Lipinski definition) is 1. The fourth-order valence-corrected chi connectivity index (χ4v) is 1.41. The van der Waals surface area contributed by atoms with Gasteiger partial charge in [0.25, 0.3) is 0 Å². The lowest BCUT2D eigenvalue weighted by molar-refractivity contribution is 0.0597. The fourth-order valence-electron chi connectivity index (χ4n) is 1.41. The summed E-state index contributed by atoms with van der Waals surface area (Å²) in [6.45, 7) is 0. The lowest BCUT2D eigenvalue weighted by Gasteiger charge is -2.07.